The fraction of sp³-hybridized carbons (Fsp3) is 1.00. The maximum Gasteiger partial charge on any atom is 0.0492 e. The van der Waals surface area contributed by atoms with Crippen molar-refractivity contribution in [1.82, 2.24) is 0 Å². The van der Waals surface area contributed by atoms with Crippen LogP contribution in [0.2, 0.25) is 0 Å². The molecule has 1 unspecified atom stereocenters. The van der Waals surface area contributed by atoms with Gasteiger partial charge in [0.25, 0.3) is 0 Å². The third-order valence-corrected chi connectivity index (χ3v) is 4.23. The highest BCUT2D eigenvalue weighted by Gasteiger charge is 2.40. The Bertz CT molecular complexity index is 134. The minimum Gasteiger partial charge on any atom is -0.119 e. The monoisotopic (exact) mass is 190 g/mol. The first-order valence-corrected chi connectivity index (χ1v) is 5.32. The molecule has 0 nitrogen and oxygen atoms in total. The Kier molecular flexibility index (Phi) is 4.10. The van der Waals surface area contributed by atoms with E-state index in [1.54, 1.807) is 0 Å². The summed E-state index contributed by atoms with van der Waals surface area (Å²) in [6.07, 6.45) is 2.41. The van der Waals surface area contributed by atoms with Crippen molar-refractivity contribution >= 4 is 11.6 Å². The SMILES string of the molecule is CCCC(C)(C)C(C)(Cl)C(C)C. The molecule has 74 valence electrons. The molecule has 0 aliphatic carbocycles. The third-order valence-electron chi connectivity index (χ3n) is 3.28. The van der Waals surface area contributed by atoms with Crippen molar-refractivity contribution in [2.45, 2.75) is 59.3 Å². The highest BCUT2D eigenvalue weighted by molar-refractivity contribution is 6.24. The van der Waals surface area contributed by atoms with Crippen molar-refractivity contribution in [2.24, 2.45) is 11.3 Å². The first-order valence-electron chi connectivity index (χ1n) is 4.94. The lowest BCUT2D eigenvalue weighted by Gasteiger charge is -2.42. The van der Waals surface area contributed by atoms with Gasteiger partial charge < -0.3 is 0 Å². The van der Waals surface area contributed by atoms with Crippen molar-refractivity contribution < 1.29 is 0 Å². The van der Waals surface area contributed by atoms with Crippen molar-refractivity contribution in [3.63, 3.8) is 0 Å². The van der Waals surface area contributed by atoms with Crippen molar-refractivity contribution in [3.05, 3.63) is 0 Å². The van der Waals surface area contributed by atoms with Crippen LogP contribution in [0.15, 0.2) is 0 Å². The lowest BCUT2D eigenvalue weighted by atomic mass is 9.71. The number of alkyl halides is 1. The van der Waals surface area contributed by atoms with Crippen LogP contribution in [0, 0.1) is 11.3 Å². The molecule has 1 atom stereocenters. The molecule has 0 rings (SSSR count). The summed E-state index contributed by atoms with van der Waals surface area (Å²) in [7, 11) is 0. The van der Waals surface area contributed by atoms with E-state index in [2.05, 4.69) is 41.5 Å². The maximum absolute atomic E-state index is 6.54. The molecule has 0 fully saturated rings. The summed E-state index contributed by atoms with van der Waals surface area (Å²) < 4.78 is 0. The van der Waals surface area contributed by atoms with Gasteiger partial charge in [0.15, 0.2) is 0 Å². The molecule has 0 aromatic carbocycles. The second kappa shape index (κ2) is 4.00. The van der Waals surface area contributed by atoms with E-state index < -0.39 is 0 Å². The molecular weight excluding hydrogens is 168 g/mol. The Hall–Kier alpha value is 0.290. The van der Waals surface area contributed by atoms with Crippen molar-refractivity contribution in [3.8, 4) is 0 Å². The molecule has 0 spiro atoms. The summed E-state index contributed by atoms with van der Waals surface area (Å²) in [6.45, 7) is 13.3. The first-order chi connectivity index (χ1) is 5.25. The van der Waals surface area contributed by atoms with Crippen LogP contribution in [0.25, 0.3) is 0 Å². The lowest BCUT2D eigenvalue weighted by Crippen LogP contribution is -2.41. The highest BCUT2D eigenvalue weighted by atomic mass is 35.5. The quantitative estimate of drug-likeness (QED) is 0.574. The zero-order chi connectivity index (χ0) is 9.99. The number of hydrogen-bond acceptors (Lipinski definition) is 0. The summed E-state index contributed by atoms with van der Waals surface area (Å²) in [5.74, 6) is 0.528. The normalized spacial score (nSPS) is 18.0. The number of rotatable bonds is 4. The number of hydrogen-bond donors (Lipinski definition) is 0. The van der Waals surface area contributed by atoms with Crippen LogP contribution in [0.4, 0.5) is 0 Å². The minimum absolute atomic E-state index is 0.0803. The smallest absolute Gasteiger partial charge is 0.0492 e. The summed E-state index contributed by atoms with van der Waals surface area (Å²) in [5.41, 5.74) is 0.234. The van der Waals surface area contributed by atoms with Gasteiger partial charge in [0, 0.05) is 4.87 Å². The van der Waals surface area contributed by atoms with E-state index in [0.717, 1.165) is 0 Å². The van der Waals surface area contributed by atoms with Gasteiger partial charge in [-0.2, -0.15) is 0 Å². The Balaban J connectivity index is 4.50. The third kappa shape index (κ3) is 2.39. The van der Waals surface area contributed by atoms with Crippen LogP contribution >= 0.6 is 11.6 Å². The zero-order valence-electron chi connectivity index (χ0n) is 9.37. The summed E-state index contributed by atoms with van der Waals surface area (Å²) >= 11 is 6.54. The van der Waals surface area contributed by atoms with Gasteiger partial charge in [0.1, 0.15) is 0 Å². The Morgan fingerprint density at radius 3 is 1.83 bits per heavy atom. The van der Waals surface area contributed by atoms with E-state index in [1.165, 1.54) is 12.8 Å². The maximum atomic E-state index is 6.54. The molecule has 0 saturated heterocycles. The Labute approximate surface area is 82.7 Å². The topological polar surface area (TPSA) is 0 Å². The molecule has 1 heteroatoms. The summed E-state index contributed by atoms with van der Waals surface area (Å²) in [5, 5.41) is 0. The molecule has 0 N–H and O–H groups in total. The Morgan fingerprint density at radius 2 is 1.58 bits per heavy atom. The van der Waals surface area contributed by atoms with E-state index in [9.17, 15) is 0 Å². The van der Waals surface area contributed by atoms with Gasteiger partial charge >= 0.3 is 0 Å². The second-order valence-electron chi connectivity index (χ2n) is 4.86. The van der Waals surface area contributed by atoms with Crippen molar-refractivity contribution in [2.75, 3.05) is 0 Å². The molecule has 0 aliphatic heterocycles. The lowest BCUT2D eigenvalue weighted by molar-refractivity contribution is 0.188. The average Bonchev–Trinajstić information content (AvgIpc) is 1.86. The van der Waals surface area contributed by atoms with Crippen LogP contribution in [0.3, 0.4) is 0 Å². The van der Waals surface area contributed by atoms with Gasteiger partial charge in [-0.3, -0.25) is 0 Å². The summed E-state index contributed by atoms with van der Waals surface area (Å²) in [4.78, 5) is -0.0803. The fourth-order valence-corrected chi connectivity index (χ4v) is 1.75. The van der Waals surface area contributed by atoms with Crippen LogP contribution in [-0.4, -0.2) is 4.87 Å². The molecule has 0 amide bonds. The molecule has 0 radical (unpaired) electrons. The van der Waals surface area contributed by atoms with Gasteiger partial charge in [-0.05, 0) is 24.7 Å². The Morgan fingerprint density at radius 1 is 1.17 bits per heavy atom. The largest absolute Gasteiger partial charge is 0.119 e. The molecule has 0 aliphatic rings. The van der Waals surface area contributed by atoms with Gasteiger partial charge in [-0.1, -0.05) is 41.0 Å². The molecular formula is C11H23Cl. The van der Waals surface area contributed by atoms with E-state index in [1.807, 2.05) is 0 Å². The highest BCUT2D eigenvalue weighted by Crippen LogP contribution is 2.45. The zero-order valence-corrected chi connectivity index (χ0v) is 10.1. The van der Waals surface area contributed by atoms with Gasteiger partial charge in [-0.25, -0.2) is 0 Å². The standard InChI is InChI=1S/C11H23Cl/c1-7-8-10(4,5)11(6,12)9(2)3/h9H,7-8H2,1-6H3. The van der Waals surface area contributed by atoms with E-state index in [0.29, 0.717) is 5.92 Å². The van der Waals surface area contributed by atoms with Crippen LogP contribution in [-0.2, 0) is 0 Å². The van der Waals surface area contributed by atoms with E-state index in [-0.39, 0.29) is 10.3 Å². The fourth-order valence-electron chi connectivity index (χ4n) is 1.65. The summed E-state index contributed by atoms with van der Waals surface area (Å²) in [6, 6.07) is 0. The molecule has 0 heterocycles. The van der Waals surface area contributed by atoms with Crippen LogP contribution in [0.5, 0.6) is 0 Å². The predicted octanol–water partition coefficient (Wildman–Crippen LogP) is 4.47. The van der Waals surface area contributed by atoms with Gasteiger partial charge in [0.2, 0.25) is 0 Å². The molecule has 12 heavy (non-hydrogen) atoms. The van der Waals surface area contributed by atoms with Gasteiger partial charge in [0.05, 0.1) is 0 Å². The van der Waals surface area contributed by atoms with E-state index >= 15 is 0 Å². The minimum atomic E-state index is -0.0803. The van der Waals surface area contributed by atoms with Gasteiger partial charge in [-0.15, -0.1) is 11.6 Å². The molecule has 0 aromatic rings. The molecule has 0 bridgehead atoms. The van der Waals surface area contributed by atoms with Crippen LogP contribution < -0.4 is 0 Å². The predicted molar refractivity (Wildman–Crippen MR) is 57.8 cm³/mol. The van der Waals surface area contributed by atoms with Crippen molar-refractivity contribution in [1.29, 1.82) is 0 Å². The van der Waals surface area contributed by atoms with E-state index in [4.69, 9.17) is 11.6 Å². The molecule has 0 aromatic heterocycles. The van der Waals surface area contributed by atoms with Crippen LogP contribution in [0.1, 0.15) is 54.4 Å². The molecule has 0 saturated carbocycles. The second-order valence-corrected chi connectivity index (χ2v) is 5.65. The average molecular weight is 191 g/mol. The number of halogens is 1. The first kappa shape index (κ1) is 12.3.